The Labute approximate surface area is 79.5 Å². The van der Waals surface area contributed by atoms with Gasteiger partial charge in [-0.05, 0) is 44.7 Å². The van der Waals surface area contributed by atoms with Crippen LogP contribution in [0.2, 0.25) is 0 Å². The maximum Gasteiger partial charge on any atom is 0.0862 e. The summed E-state index contributed by atoms with van der Waals surface area (Å²) in [6.07, 6.45) is 4.16. The number of aliphatic hydroxyl groups is 1. The second kappa shape index (κ2) is 4.40. The average molecular weight is 185 g/mol. The standard InChI is InChI=1S/C10H19NO2/c12-9-2-1-7-13-10(9)8-3-5-11-6-4-8/h8-12H,1-7H2. The molecule has 2 rings (SSSR count). The molecule has 0 amide bonds. The van der Waals surface area contributed by atoms with Crippen LogP contribution in [-0.4, -0.2) is 37.0 Å². The molecule has 0 aromatic rings. The van der Waals surface area contributed by atoms with Gasteiger partial charge in [0, 0.05) is 6.61 Å². The van der Waals surface area contributed by atoms with Crippen molar-refractivity contribution in [2.75, 3.05) is 19.7 Å². The minimum Gasteiger partial charge on any atom is -0.390 e. The number of ether oxygens (including phenoxy) is 1. The summed E-state index contributed by atoms with van der Waals surface area (Å²) in [5, 5.41) is 13.1. The molecule has 0 bridgehead atoms. The zero-order valence-corrected chi connectivity index (χ0v) is 8.04. The third-order valence-corrected chi connectivity index (χ3v) is 3.18. The van der Waals surface area contributed by atoms with Gasteiger partial charge in [-0.25, -0.2) is 0 Å². The molecule has 2 saturated heterocycles. The van der Waals surface area contributed by atoms with E-state index in [-0.39, 0.29) is 12.2 Å². The summed E-state index contributed by atoms with van der Waals surface area (Å²) in [4.78, 5) is 0. The van der Waals surface area contributed by atoms with Crippen molar-refractivity contribution in [1.29, 1.82) is 0 Å². The van der Waals surface area contributed by atoms with E-state index >= 15 is 0 Å². The third kappa shape index (κ3) is 2.22. The van der Waals surface area contributed by atoms with Crippen LogP contribution in [0, 0.1) is 5.92 Å². The summed E-state index contributed by atoms with van der Waals surface area (Å²) in [5.74, 6) is 0.580. The highest BCUT2D eigenvalue weighted by atomic mass is 16.5. The SMILES string of the molecule is OC1CCCOC1C1CCNCC1. The molecule has 3 heteroatoms. The minimum atomic E-state index is -0.211. The van der Waals surface area contributed by atoms with Crippen molar-refractivity contribution in [3.63, 3.8) is 0 Å². The molecule has 0 saturated carbocycles. The molecule has 0 aliphatic carbocycles. The van der Waals surface area contributed by atoms with E-state index in [1.165, 1.54) is 0 Å². The highest BCUT2D eigenvalue weighted by molar-refractivity contribution is 4.83. The first kappa shape index (κ1) is 9.44. The van der Waals surface area contributed by atoms with Crippen molar-refractivity contribution < 1.29 is 9.84 Å². The predicted molar refractivity (Wildman–Crippen MR) is 50.6 cm³/mol. The maximum atomic E-state index is 9.78. The van der Waals surface area contributed by atoms with Gasteiger partial charge in [0.05, 0.1) is 12.2 Å². The lowest BCUT2D eigenvalue weighted by Gasteiger charge is -2.36. The Balaban J connectivity index is 1.88. The smallest absolute Gasteiger partial charge is 0.0862 e. The molecule has 13 heavy (non-hydrogen) atoms. The molecule has 0 spiro atoms. The van der Waals surface area contributed by atoms with Gasteiger partial charge >= 0.3 is 0 Å². The predicted octanol–water partition coefficient (Wildman–Crippen LogP) is 0.526. The van der Waals surface area contributed by atoms with Crippen LogP contribution in [0.25, 0.3) is 0 Å². The fraction of sp³-hybridized carbons (Fsp3) is 1.00. The van der Waals surface area contributed by atoms with Crippen molar-refractivity contribution in [2.24, 2.45) is 5.92 Å². The van der Waals surface area contributed by atoms with E-state index in [0.29, 0.717) is 5.92 Å². The fourth-order valence-corrected chi connectivity index (χ4v) is 2.41. The van der Waals surface area contributed by atoms with Crippen molar-refractivity contribution in [3.05, 3.63) is 0 Å². The van der Waals surface area contributed by atoms with Crippen LogP contribution in [0.3, 0.4) is 0 Å². The number of rotatable bonds is 1. The number of piperidine rings is 1. The van der Waals surface area contributed by atoms with E-state index in [9.17, 15) is 5.11 Å². The number of nitrogens with one attached hydrogen (secondary N) is 1. The molecule has 0 aromatic heterocycles. The summed E-state index contributed by atoms with van der Waals surface area (Å²) in [5.41, 5.74) is 0. The van der Waals surface area contributed by atoms with Gasteiger partial charge < -0.3 is 15.2 Å². The monoisotopic (exact) mass is 185 g/mol. The van der Waals surface area contributed by atoms with Crippen LogP contribution in [0.4, 0.5) is 0 Å². The molecule has 0 aromatic carbocycles. The molecular weight excluding hydrogens is 166 g/mol. The van der Waals surface area contributed by atoms with E-state index in [0.717, 1.165) is 45.4 Å². The lowest BCUT2D eigenvalue weighted by molar-refractivity contribution is -0.106. The molecule has 0 radical (unpaired) electrons. The molecule has 2 unspecified atom stereocenters. The van der Waals surface area contributed by atoms with Gasteiger partial charge in [-0.1, -0.05) is 0 Å². The van der Waals surface area contributed by atoms with Crippen molar-refractivity contribution in [1.82, 2.24) is 5.32 Å². The van der Waals surface area contributed by atoms with E-state index < -0.39 is 0 Å². The van der Waals surface area contributed by atoms with E-state index in [1.807, 2.05) is 0 Å². The van der Waals surface area contributed by atoms with Gasteiger partial charge in [0.25, 0.3) is 0 Å². The van der Waals surface area contributed by atoms with Gasteiger partial charge in [-0.3, -0.25) is 0 Å². The van der Waals surface area contributed by atoms with Crippen LogP contribution >= 0.6 is 0 Å². The molecule has 2 heterocycles. The summed E-state index contributed by atoms with van der Waals surface area (Å²) >= 11 is 0. The normalized spacial score (nSPS) is 37.6. The molecular formula is C10H19NO2. The van der Waals surface area contributed by atoms with E-state index in [1.54, 1.807) is 0 Å². The Kier molecular flexibility index (Phi) is 3.19. The minimum absolute atomic E-state index is 0.121. The highest BCUT2D eigenvalue weighted by Crippen LogP contribution is 2.26. The molecule has 3 nitrogen and oxygen atoms in total. The van der Waals surface area contributed by atoms with Crippen LogP contribution in [0.5, 0.6) is 0 Å². The topological polar surface area (TPSA) is 41.5 Å². The second-order valence-corrected chi connectivity index (χ2v) is 4.13. The molecule has 2 fully saturated rings. The largest absolute Gasteiger partial charge is 0.390 e. The highest BCUT2D eigenvalue weighted by Gasteiger charge is 2.32. The van der Waals surface area contributed by atoms with Crippen molar-refractivity contribution in [2.45, 2.75) is 37.9 Å². The summed E-state index contributed by atoms with van der Waals surface area (Å²) < 4.78 is 5.65. The molecule has 2 atom stereocenters. The maximum absolute atomic E-state index is 9.78. The zero-order chi connectivity index (χ0) is 9.10. The van der Waals surface area contributed by atoms with Crippen LogP contribution in [-0.2, 0) is 4.74 Å². The van der Waals surface area contributed by atoms with E-state index in [2.05, 4.69) is 5.32 Å². The van der Waals surface area contributed by atoms with Crippen LogP contribution < -0.4 is 5.32 Å². The Morgan fingerprint density at radius 2 is 1.92 bits per heavy atom. The third-order valence-electron chi connectivity index (χ3n) is 3.18. The number of hydrogen-bond acceptors (Lipinski definition) is 3. The van der Waals surface area contributed by atoms with Gasteiger partial charge in [0.1, 0.15) is 0 Å². The Hall–Kier alpha value is -0.120. The van der Waals surface area contributed by atoms with Gasteiger partial charge in [-0.2, -0.15) is 0 Å². The van der Waals surface area contributed by atoms with Gasteiger partial charge in [0.2, 0.25) is 0 Å². The van der Waals surface area contributed by atoms with Gasteiger partial charge in [0.15, 0.2) is 0 Å². The molecule has 2 N–H and O–H groups in total. The summed E-state index contributed by atoms with van der Waals surface area (Å²) in [6, 6.07) is 0. The van der Waals surface area contributed by atoms with Crippen molar-refractivity contribution >= 4 is 0 Å². The number of aliphatic hydroxyl groups excluding tert-OH is 1. The first-order chi connectivity index (χ1) is 6.38. The quantitative estimate of drug-likeness (QED) is 0.626. The summed E-state index contributed by atoms with van der Waals surface area (Å²) in [7, 11) is 0. The Morgan fingerprint density at radius 3 is 2.62 bits per heavy atom. The lowest BCUT2D eigenvalue weighted by atomic mass is 9.86. The first-order valence-corrected chi connectivity index (χ1v) is 5.38. The molecule has 2 aliphatic rings. The number of hydrogen-bond donors (Lipinski definition) is 2. The zero-order valence-electron chi connectivity index (χ0n) is 8.04. The fourth-order valence-electron chi connectivity index (χ4n) is 2.41. The molecule has 2 aliphatic heterocycles. The second-order valence-electron chi connectivity index (χ2n) is 4.13. The molecule has 76 valence electrons. The van der Waals surface area contributed by atoms with Crippen LogP contribution in [0.15, 0.2) is 0 Å². The average Bonchev–Trinajstić information content (AvgIpc) is 2.20. The van der Waals surface area contributed by atoms with Crippen LogP contribution in [0.1, 0.15) is 25.7 Å². The Bertz CT molecular complexity index is 157. The summed E-state index contributed by atoms with van der Waals surface area (Å²) in [6.45, 7) is 3.00. The first-order valence-electron chi connectivity index (χ1n) is 5.38. The van der Waals surface area contributed by atoms with Crippen molar-refractivity contribution in [3.8, 4) is 0 Å². The van der Waals surface area contributed by atoms with Gasteiger partial charge in [-0.15, -0.1) is 0 Å². The van der Waals surface area contributed by atoms with E-state index in [4.69, 9.17) is 4.74 Å². The lowest BCUT2D eigenvalue weighted by Crippen LogP contribution is -2.44. The Morgan fingerprint density at radius 1 is 1.15 bits per heavy atom.